The smallest absolute Gasteiger partial charge is 0.310 e. The van der Waals surface area contributed by atoms with E-state index in [1.807, 2.05) is 0 Å². The molecule has 0 amide bonds. The molecule has 0 saturated heterocycles. The average Bonchev–Trinajstić information content (AvgIpc) is 2.85. The fourth-order valence-electron chi connectivity index (χ4n) is 2.49. The van der Waals surface area contributed by atoms with Gasteiger partial charge in [0, 0.05) is 12.6 Å². The van der Waals surface area contributed by atoms with Gasteiger partial charge >= 0.3 is 5.97 Å². The fraction of sp³-hybridized carbons (Fsp3) is 0.500. The lowest BCUT2D eigenvalue weighted by Gasteiger charge is -2.19. The monoisotopic (exact) mass is 251 g/mol. The maximum Gasteiger partial charge on any atom is 0.310 e. The van der Waals surface area contributed by atoms with Gasteiger partial charge in [0.25, 0.3) is 0 Å². The minimum atomic E-state index is -0.230. The molecule has 1 aromatic carbocycles. The first-order chi connectivity index (χ1) is 8.70. The molecule has 1 saturated carbocycles. The van der Waals surface area contributed by atoms with Gasteiger partial charge in [0.05, 0.1) is 13.0 Å². The molecular weight excluding hydrogens is 233 g/mol. The van der Waals surface area contributed by atoms with Crippen molar-refractivity contribution >= 4 is 5.97 Å². The van der Waals surface area contributed by atoms with E-state index >= 15 is 0 Å². The van der Waals surface area contributed by atoms with Crippen molar-refractivity contribution in [1.82, 2.24) is 5.32 Å². The van der Waals surface area contributed by atoms with Crippen LogP contribution in [-0.4, -0.2) is 19.1 Å². The normalized spacial score (nSPS) is 23.0. The summed E-state index contributed by atoms with van der Waals surface area (Å²) in [6, 6.07) is 6.57. The Kier molecular flexibility index (Phi) is 4.31. The zero-order valence-electron chi connectivity index (χ0n) is 10.5. The molecule has 0 aliphatic heterocycles. The molecule has 0 heterocycles. The van der Waals surface area contributed by atoms with Crippen molar-refractivity contribution in [1.29, 1.82) is 0 Å². The first-order valence-electron chi connectivity index (χ1n) is 6.26. The second kappa shape index (κ2) is 5.96. The van der Waals surface area contributed by atoms with E-state index in [1.165, 1.54) is 19.2 Å². The van der Waals surface area contributed by atoms with Gasteiger partial charge in [-0.05, 0) is 30.5 Å². The number of esters is 1. The maximum absolute atomic E-state index is 12.8. The molecule has 1 aliphatic carbocycles. The van der Waals surface area contributed by atoms with Crippen LogP contribution in [0.5, 0.6) is 0 Å². The van der Waals surface area contributed by atoms with Crippen LogP contribution in [0.1, 0.15) is 24.8 Å². The second-order valence-corrected chi connectivity index (χ2v) is 4.67. The lowest BCUT2D eigenvalue weighted by molar-refractivity contribution is -0.145. The van der Waals surface area contributed by atoms with Gasteiger partial charge in [-0.1, -0.05) is 18.6 Å². The Labute approximate surface area is 106 Å². The first kappa shape index (κ1) is 13.0. The predicted molar refractivity (Wildman–Crippen MR) is 66.4 cm³/mol. The van der Waals surface area contributed by atoms with E-state index in [0.717, 1.165) is 24.8 Å². The molecule has 0 spiro atoms. The fourth-order valence-corrected chi connectivity index (χ4v) is 2.49. The van der Waals surface area contributed by atoms with Gasteiger partial charge in [0.15, 0.2) is 0 Å². The van der Waals surface area contributed by atoms with E-state index in [4.69, 9.17) is 4.74 Å². The Balaban J connectivity index is 1.89. The molecular formula is C14H18FNO2. The predicted octanol–water partition coefficient (Wildman–Crippen LogP) is 2.26. The zero-order chi connectivity index (χ0) is 13.0. The van der Waals surface area contributed by atoms with E-state index in [-0.39, 0.29) is 23.7 Å². The number of carbonyl (C=O) groups is 1. The largest absolute Gasteiger partial charge is 0.469 e. The minimum Gasteiger partial charge on any atom is -0.469 e. The molecule has 1 fully saturated rings. The molecule has 0 aromatic heterocycles. The standard InChI is InChI=1S/C14H18FNO2/c1-18-14(17)12-3-2-4-13(12)16-9-10-5-7-11(15)8-6-10/h5-8,12-13,16H,2-4,9H2,1H3. The molecule has 1 N–H and O–H groups in total. The molecule has 2 rings (SSSR count). The summed E-state index contributed by atoms with van der Waals surface area (Å²) in [6.07, 6.45) is 2.91. The molecule has 3 nitrogen and oxygen atoms in total. The Morgan fingerprint density at radius 1 is 1.39 bits per heavy atom. The van der Waals surface area contributed by atoms with Crippen LogP contribution in [0.2, 0.25) is 0 Å². The second-order valence-electron chi connectivity index (χ2n) is 4.67. The minimum absolute atomic E-state index is 0.0459. The number of hydrogen-bond donors (Lipinski definition) is 1. The lowest BCUT2D eigenvalue weighted by Crippen LogP contribution is -2.36. The molecule has 1 aliphatic rings. The Bertz CT molecular complexity index is 405. The van der Waals surface area contributed by atoms with E-state index in [2.05, 4.69) is 5.32 Å². The number of rotatable bonds is 4. The van der Waals surface area contributed by atoms with E-state index in [1.54, 1.807) is 12.1 Å². The van der Waals surface area contributed by atoms with Crippen molar-refractivity contribution in [3.8, 4) is 0 Å². The molecule has 0 bridgehead atoms. The van der Waals surface area contributed by atoms with Gasteiger partial charge in [0.1, 0.15) is 5.82 Å². The number of ether oxygens (including phenoxy) is 1. The summed E-state index contributed by atoms with van der Waals surface area (Å²) in [7, 11) is 1.43. The number of benzene rings is 1. The third-order valence-corrected chi connectivity index (χ3v) is 3.50. The van der Waals surface area contributed by atoms with Crippen LogP contribution in [-0.2, 0) is 16.1 Å². The highest BCUT2D eigenvalue weighted by molar-refractivity contribution is 5.73. The SMILES string of the molecule is COC(=O)C1CCCC1NCc1ccc(F)cc1. The van der Waals surface area contributed by atoms with Crippen LogP contribution in [0.4, 0.5) is 4.39 Å². The third kappa shape index (κ3) is 3.07. The van der Waals surface area contributed by atoms with Gasteiger partial charge in [-0.2, -0.15) is 0 Å². The summed E-state index contributed by atoms with van der Waals surface area (Å²) in [5.41, 5.74) is 1.02. The molecule has 4 heteroatoms. The number of halogens is 1. The number of carbonyl (C=O) groups excluding carboxylic acids is 1. The Morgan fingerprint density at radius 2 is 2.11 bits per heavy atom. The van der Waals surface area contributed by atoms with Crippen molar-refractivity contribution < 1.29 is 13.9 Å². The van der Waals surface area contributed by atoms with Gasteiger partial charge < -0.3 is 10.1 Å². The summed E-state index contributed by atoms with van der Waals surface area (Å²) in [5, 5.41) is 3.36. The van der Waals surface area contributed by atoms with Crippen LogP contribution in [0.25, 0.3) is 0 Å². The van der Waals surface area contributed by atoms with Crippen LogP contribution in [0.3, 0.4) is 0 Å². The summed E-state index contributed by atoms with van der Waals surface area (Å²) in [6.45, 7) is 0.651. The lowest BCUT2D eigenvalue weighted by atomic mass is 10.0. The van der Waals surface area contributed by atoms with Crippen LogP contribution in [0.15, 0.2) is 24.3 Å². The van der Waals surface area contributed by atoms with E-state index in [0.29, 0.717) is 6.54 Å². The highest BCUT2D eigenvalue weighted by Crippen LogP contribution is 2.26. The van der Waals surface area contributed by atoms with Crippen molar-refractivity contribution in [3.05, 3.63) is 35.6 Å². The van der Waals surface area contributed by atoms with Crippen LogP contribution >= 0.6 is 0 Å². The topological polar surface area (TPSA) is 38.3 Å². The first-order valence-corrected chi connectivity index (χ1v) is 6.26. The van der Waals surface area contributed by atoms with Gasteiger partial charge in [-0.3, -0.25) is 4.79 Å². The van der Waals surface area contributed by atoms with E-state index in [9.17, 15) is 9.18 Å². The van der Waals surface area contributed by atoms with Crippen LogP contribution < -0.4 is 5.32 Å². The zero-order valence-corrected chi connectivity index (χ0v) is 10.5. The maximum atomic E-state index is 12.8. The molecule has 98 valence electrons. The number of nitrogens with one attached hydrogen (secondary N) is 1. The summed E-state index contributed by atoms with van der Waals surface area (Å²) >= 11 is 0. The Morgan fingerprint density at radius 3 is 2.78 bits per heavy atom. The number of hydrogen-bond acceptors (Lipinski definition) is 3. The van der Waals surface area contributed by atoms with Crippen LogP contribution in [0, 0.1) is 11.7 Å². The molecule has 18 heavy (non-hydrogen) atoms. The number of methoxy groups -OCH3 is 1. The van der Waals surface area contributed by atoms with E-state index < -0.39 is 0 Å². The van der Waals surface area contributed by atoms with Gasteiger partial charge in [-0.15, -0.1) is 0 Å². The highest BCUT2D eigenvalue weighted by Gasteiger charge is 2.33. The van der Waals surface area contributed by atoms with Crippen molar-refractivity contribution in [3.63, 3.8) is 0 Å². The van der Waals surface area contributed by atoms with Crippen molar-refractivity contribution in [2.45, 2.75) is 31.8 Å². The molecule has 0 radical (unpaired) electrons. The van der Waals surface area contributed by atoms with Crippen molar-refractivity contribution in [2.24, 2.45) is 5.92 Å². The highest BCUT2D eigenvalue weighted by atomic mass is 19.1. The van der Waals surface area contributed by atoms with Crippen molar-refractivity contribution in [2.75, 3.05) is 7.11 Å². The quantitative estimate of drug-likeness (QED) is 0.834. The van der Waals surface area contributed by atoms with Gasteiger partial charge in [-0.25, -0.2) is 4.39 Å². The van der Waals surface area contributed by atoms with Gasteiger partial charge in [0.2, 0.25) is 0 Å². The molecule has 2 atom stereocenters. The summed E-state index contributed by atoms with van der Waals surface area (Å²) in [4.78, 5) is 11.6. The molecule has 2 unspecified atom stereocenters. The summed E-state index contributed by atoms with van der Waals surface area (Å²) in [5.74, 6) is -0.411. The Hall–Kier alpha value is -1.42. The molecule has 1 aromatic rings. The summed E-state index contributed by atoms with van der Waals surface area (Å²) < 4.78 is 17.6. The third-order valence-electron chi connectivity index (χ3n) is 3.50. The average molecular weight is 251 g/mol.